The first-order valence-electron chi connectivity index (χ1n) is 6.66. The topological polar surface area (TPSA) is 82.9 Å². The first-order chi connectivity index (χ1) is 9.58. The van der Waals surface area contributed by atoms with E-state index in [0.717, 1.165) is 9.88 Å². The van der Waals surface area contributed by atoms with Crippen LogP contribution in [0.25, 0.3) is 0 Å². The molecule has 2 heterocycles. The number of rotatable bonds is 4. The van der Waals surface area contributed by atoms with Crippen LogP contribution in [-0.4, -0.2) is 39.4 Å². The summed E-state index contributed by atoms with van der Waals surface area (Å²) in [6, 6.07) is 0. The highest BCUT2D eigenvalue weighted by atomic mass is 32.1. The second-order valence-corrected chi connectivity index (χ2v) is 8.35. The van der Waals surface area contributed by atoms with Crippen molar-refractivity contribution in [3.63, 3.8) is 0 Å². The van der Waals surface area contributed by atoms with Gasteiger partial charge in [-0.3, -0.25) is 9.42 Å². The van der Waals surface area contributed by atoms with Gasteiger partial charge in [-0.15, -0.1) is 11.3 Å². The molecular weight excluding hydrogens is 318 g/mol. The SMILES string of the molecule is CC(C)(C)c1nc2c(s1)CCN(CCOP(=O)(O)O)C2F. The number of nitrogens with zero attached hydrogens (tertiary/aromatic N) is 2. The summed E-state index contributed by atoms with van der Waals surface area (Å²) in [7, 11) is -4.50. The van der Waals surface area contributed by atoms with E-state index in [4.69, 9.17) is 9.79 Å². The van der Waals surface area contributed by atoms with E-state index in [0.29, 0.717) is 18.7 Å². The molecule has 0 radical (unpaired) electrons. The van der Waals surface area contributed by atoms with Gasteiger partial charge in [-0.05, 0) is 6.42 Å². The highest BCUT2D eigenvalue weighted by molar-refractivity contribution is 7.46. The van der Waals surface area contributed by atoms with Gasteiger partial charge >= 0.3 is 7.82 Å². The van der Waals surface area contributed by atoms with Gasteiger partial charge in [0.2, 0.25) is 0 Å². The largest absolute Gasteiger partial charge is 0.469 e. The van der Waals surface area contributed by atoms with Crippen LogP contribution in [0.4, 0.5) is 4.39 Å². The summed E-state index contributed by atoms with van der Waals surface area (Å²) in [5, 5.41) is 0.906. The molecule has 6 nitrogen and oxygen atoms in total. The van der Waals surface area contributed by atoms with Gasteiger partial charge in [-0.25, -0.2) is 13.9 Å². The van der Waals surface area contributed by atoms with Crippen molar-refractivity contribution in [3.05, 3.63) is 15.6 Å². The van der Waals surface area contributed by atoms with Crippen molar-refractivity contribution in [2.24, 2.45) is 0 Å². The van der Waals surface area contributed by atoms with Crippen LogP contribution in [0.2, 0.25) is 0 Å². The van der Waals surface area contributed by atoms with Crippen LogP contribution < -0.4 is 0 Å². The van der Waals surface area contributed by atoms with Crippen molar-refractivity contribution in [2.75, 3.05) is 19.7 Å². The molecule has 0 bridgehead atoms. The smallest absolute Gasteiger partial charge is 0.303 e. The molecule has 120 valence electrons. The molecule has 0 spiro atoms. The van der Waals surface area contributed by atoms with E-state index < -0.39 is 14.1 Å². The number of alkyl halides is 1. The number of hydrogen-bond donors (Lipinski definition) is 2. The molecule has 21 heavy (non-hydrogen) atoms. The van der Waals surface area contributed by atoms with E-state index in [-0.39, 0.29) is 18.6 Å². The molecule has 1 aliphatic rings. The zero-order chi connectivity index (χ0) is 15.8. The quantitative estimate of drug-likeness (QED) is 0.648. The average Bonchev–Trinajstić information content (AvgIpc) is 2.75. The summed E-state index contributed by atoms with van der Waals surface area (Å²) in [6.45, 7) is 6.51. The number of aromatic nitrogens is 1. The van der Waals surface area contributed by atoms with Gasteiger partial charge in [0.05, 0.1) is 11.6 Å². The van der Waals surface area contributed by atoms with Crippen LogP contribution >= 0.6 is 19.2 Å². The molecule has 0 amide bonds. The summed E-state index contributed by atoms with van der Waals surface area (Å²) in [6.07, 6.45) is -0.652. The number of hydrogen-bond acceptors (Lipinski definition) is 5. The lowest BCUT2D eigenvalue weighted by Gasteiger charge is -2.29. The van der Waals surface area contributed by atoms with Gasteiger partial charge in [-0.2, -0.15) is 0 Å². The van der Waals surface area contributed by atoms with Gasteiger partial charge in [0.15, 0.2) is 6.30 Å². The predicted octanol–water partition coefficient (Wildman–Crippen LogP) is 2.38. The Kier molecular flexibility index (Phi) is 4.87. The van der Waals surface area contributed by atoms with Crippen LogP contribution in [0, 0.1) is 0 Å². The Bertz CT molecular complexity index is 554. The third-order valence-corrected chi connectivity index (χ3v) is 5.26. The molecule has 1 aromatic heterocycles. The Hall–Kier alpha value is -0.370. The number of fused-ring (bicyclic) bond motifs is 1. The van der Waals surface area contributed by atoms with Crippen LogP contribution in [-0.2, 0) is 20.9 Å². The third-order valence-electron chi connectivity index (χ3n) is 3.18. The van der Waals surface area contributed by atoms with E-state index in [9.17, 15) is 8.96 Å². The van der Waals surface area contributed by atoms with Gasteiger partial charge in [0.1, 0.15) is 5.69 Å². The molecule has 2 rings (SSSR count). The van der Waals surface area contributed by atoms with E-state index in [2.05, 4.69) is 9.51 Å². The Labute approximate surface area is 127 Å². The maximum Gasteiger partial charge on any atom is 0.469 e. The minimum Gasteiger partial charge on any atom is -0.303 e. The monoisotopic (exact) mass is 338 g/mol. The molecular formula is C12H20FN2O4PS. The van der Waals surface area contributed by atoms with E-state index in [1.807, 2.05) is 20.8 Å². The van der Waals surface area contributed by atoms with Crippen molar-refractivity contribution < 1.29 is 23.3 Å². The summed E-state index contributed by atoms with van der Waals surface area (Å²) in [5.41, 5.74) is 0.322. The maximum atomic E-state index is 14.5. The van der Waals surface area contributed by atoms with Gasteiger partial charge in [0, 0.05) is 23.4 Å². The van der Waals surface area contributed by atoms with E-state index in [1.165, 1.54) is 4.90 Å². The van der Waals surface area contributed by atoms with Crippen LogP contribution in [0.3, 0.4) is 0 Å². The van der Waals surface area contributed by atoms with E-state index in [1.54, 1.807) is 11.3 Å². The third kappa shape index (κ3) is 4.31. The minimum absolute atomic E-state index is 0.115. The maximum absolute atomic E-state index is 14.5. The Morgan fingerprint density at radius 2 is 2.19 bits per heavy atom. The van der Waals surface area contributed by atoms with Crippen molar-refractivity contribution in [2.45, 2.75) is 38.9 Å². The van der Waals surface area contributed by atoms with Gasteiger partial charge in [0.25, 0.3) is 0 Å². The zero-order valence-electron chi connectivity index (χ0n) is 12.2. The number of thiazole rings is 1. The van der Waals surface area contributed by atoms with Crippen molar-refractivity contribution in [1.82, 2.24) is 9.88 Å². The Morgan fingerprint density at radius 3 is 2.76 bits per heavy atom. The van der Waals surface area contributed by atoms with Gasteiger partial charge in [-0.1, -0.05) is 20.8 Å². The highest BCUT2D eigenvalue weighted by Gasteiger charge is 2.33. The van der Waals surface area contributed by atoms with Crippen molar-refractivity contribution >= 4 is 19.2 Å². The highest BCUT2D eigenvalue weighted by Crippen LogP contribution is 2.38. The lowest BCUT2D eigenvalue weighted by atomic mass is 9.98. The molecule has 0 saturated heterocycles. The van der Waals surface area contributed by atoms with Crippen LogP contribution in [0.5, 0.6) is 0 Å². The first-order valence-corrected chi connectivity index (χ1v) is 9.01. The number of phosphoric acid groups is 1. The summed E-state index contributed by atoms with van der Waals surface area (Å²) in [4.78, 5) is 24.1. The molecule has 0 saturated carbocycles. The van der Waals surface area contributed by atoms with Crippen LogP contribution in [0.15, 0.2) is 0 Å². The fraction of sp³-hybridized carbons (Fsp3) is 0.750. The molecule has 0 fully saturated rings. The normalized spacial score (nSPS) is 20.6. The first kappa shape index (κ1) is 17.0. The van der Waals surface area contributed by atoms with Gasteiger partial charge < -0.3 is 9.79 Å². The molecule has 9 heteroatoms. The molecule has 0 aromatic carbocycles. The molecule has 0 aliphatic carbocycles. The molecule has 1 unspecified atom stereocenters. The number of phosphoric ester groups is 1. The zero-order valence-corrected chi connectivity index (χ0v) is 14.0. The molecule has 2 N–H and O–H groups in total. The van der Waals surface area contributed by atoms with Crippen molar-refractivity contribution in [1.29, 1.82) is 0 Å². The predicted molar refractivity (Wildman–Crippen MR) is 77.9 cm³/mol. The number of halogens is 1. The fourth-order valence-electron chi connectivity index (χ4n) is 2.08. The second-order valence-electron chi connectivity index (χ2n) is 6.02. The second kappa shape index (κ2) is 6.02. The lowest BCUT2D eigenvalue weighted by molar-refractivity contribution is 0.0507. The fourth-order valence-corrected chi connectivity index (χ4v) is 3.53. The Morgan fingerprint density at radius 1 is 1.52 bits per heavy atom. The summed E-state index contributed by atoms with van der Waals surface area (Å²) in [5.74, 6) is 0. The van der Waals surface area contributed by atoms with Crippen molar-refractivity contribution in [3.8, 4) is 0 Å². The Balaban J connectivity index is 2.04. The summed E-state index contributed by atoms with van der Waals surface area (Å²) < 4.78 is 29.5. The molecule has 1 aromatic rings. The molecule has 1 aliphatic heterocycles. The lowest BCUT2D eigenvalue weighted by Crippen LogP contribution is -2.35. The standard InChI is InChI=1S/C12H20FN2O4PS/c1-12(2,3)11-14-9-8(21-11)4-5-15(10(9)13)6-7-19-20(16,17)18/h10H,4-7H2,1-3H3,(H2,16,17,18). The van der Waals surface area contributed by atoms with E-state index >= 15 is 0 Å². The van der Waals surface area contributed by atoms with Crippen LogP contribution in [0.1, 0.15) is 42.6 Å². The molecule has 1 atom stereocenters. The summed E-state index contributed by atoms with van der Waals surface area (Å²) >= 11 is 1.54. The minimum atomic E-state index is -4.50. The average molecular weight is 338 g/mol.